The van der Waals surface area contributed by atoms with Crippen LogP contribution in [0, 0.1) is 0 Å². The summed E-state index contributed by atoms with van der Waals surface area (Å²) in [6.45, 7) is 0. The Bertz CT molecular complexity index is 80.0. The van der Waals surface area contributed by atoms with Gasteiger partial charge in [0, 0.05) is 12.4 Å². The van der Waals surface area contributed by atoms with E-state index in [2.05, 4.69) is 4.98 Å². The summed E-state index contributed by atoms with van der Waals surface area (Å²) in [6, 6.07) is 5.72. The zero-order valence-corrected chi connectivity index (χ0v) is 5.02. The Morgan fingerprint density at radius 1 is 0.857 bits per heavy atom. The average molecular weight is 131 g/mol. The van der Waals surface area contributed by atoms with Gasteiger partial charge in [0.2, 0.25) is 0 Å². The Balaban J connectivity index is 0.000000360. The zero-order chi connectivity index (χ0) is 4.24. The first-order valence-corrected chi connectivity index (χ1v) is 1.85. The van der Waals surface area contributed by atoms with E-state index in [1.54, 1.807) is 12.4 Å². The van der Waals surface area contributed by atoms with Crippen molar-refractivity contribution in [3.63, 3.8) is 0 Å². The summed E-state index contributed by atoms with van der Waals surface area (Å²) in [5, 5.41) is 0. The average Bonchev–Trinajstić information content (AvgIpc) is 1.72. The molecule has 0 bridgehead atoms. The number of hydrogen-bond acceptors (Lipinski definition) is 1. The molecule has 0 amide bonds. The summed E-state index contributed by atoms with van der Waals surface area (Å²) >= 11 is 0. The largest absolute Gasteiger partial charge is 4.00 e. The van der Waals surface area contributed by atoms with Crippen molar-refractivity contribution in [2.24, 2.45) is 0 Å². The van der Waals surface area contributed by atoms with Crippen LogP contribution in [0.4, 0.5) is 0 Å². The minimum atomic E-state index is 0. The molecular weight excluding hydrogens is 126 g/mol. The van der Waals surface area contributed by atoms with Crippen LogP contribution in [0.1, 0.15) is 0 Å². The molecule has 0 saturated carbocycles. The number of aromatic nitrogens is 1. The van der Waals surface area contributed by atoms with Gasteiger partial charge in [-0.2, -0.15) is 0 Å². The van der Waals surface area contributed by atoms with Gasteiger partial charge in [-0.05, 0) is 12.1 Å². The first-order valence-electron chi connectivity index (χ1n) is 1.85. The Labute approximate surface area is 53.5 Å². The molecule has 7 heavy (non-hydrogen) atoms. The number of rotatable bonds is 0. The molecule has 1 aromatic rings. The molecule has 0 fully saturated rings. The van der Waals surface area contributed by atoms with E-state index in [1.165, 1.54) is 0 Å². The van der Waals surface area contributed by atoms with E-state index in [4.69, 9.17) is 0 Å². The predicted octanol–water partition coefficient (Wildman–Crippen LogP) is 1.08. The minimum Gasteiger partial charge on any atom is -0.265 e. The van der Waals surface area contributed by atoms with Crippen molar-refractivity contribution < 1.29 is 17.4 Å². The van der Waals surface area contributed by atoms with Crippen molar-refractivity contribution in [1.82, 2.24) is 4.98 Å². The maximum atomic E-state index is 3.78. The van der Waals surface area contributed by atoms with Crippen LogP contribution in [0.25, 0.3) is 0 Å². The van der Waals surface area contributed by atoms with Gasteiger partial charge in [-0.1, -0.05) is 6.07 Å². The number of hydrogen-bond donors (Lipinski definition) is 0. The van der Waals surface area contributed by atoms with Crippen LogP contribution in [0.2, 0.25) is 0 Å². The summed E-state index contributed by atoms with van der Waals surface area (Å²) in [4.78, 5) is 3.78. The van der Waals surface area contributed by atoms with Crippen LogP contribution in [0.3, 0.4) is 0 Å². The maximum Gasteiger partial charge on any atom is 4.00 e. The van der Waals surface area contributed by atoms with Gasteiger partial charge in [0.25, 0.3) is 0 Å². The van der Waals surface area contributed by atoms with E-state index in [0.29, 0.717) is 0 Å². The molecule has 2 heteroatoms. The molecule has 0 aliphatic rings. The Morgan fingerprint density at radius 3 is 1.57 bits per heavy atom. The Morgan fingerprint density at radius 2 is 1.43 bits per heavy atom. The van der Waals surface area contributed by atoms with E-state index in [9.17, 15) is 0 Å². The van der Waals surface area contributed by atoms with Gasteiger partial charge in [0.15, 0.2) is 0 Å². The van der Waals surface area contributed by atoms with Crippen molar-refractivity contribution in [3.8, 4) is 0 Å². The Kier molecular flexibility index (Phi) is 3.68. The molecule has 0 unspecified atom stereocenters. The first kappa shape index (κ1) is 6.68. The van der Waals surface area contributed by atoms with Crippen molar-refractivity contribution in [1.29, 1.82) is 0 Å². The molecule has 0 radical (unpaired) electrons. The van der Waals surface area contributed by atoms with Crippen LogP contribution in [0.15, 0.2) is 30.6 Å². The molecule has 0 atom stereocenters. The molecule has 32 valence electrons. The fourth-order valence-corrected chi connectivity index (χ4v) is 0.313. The van der Waals surface area contributed by atoms with E-state index >= 15 is 0 Å². The van der Waals surface area contributed by atoms with Gasteiger partial charge in [-0.3, -0.25) is 4.98 Å². The van der Waals surface area contributed by atoms with Gasteiger partial charge < -0.3 is 0 Å². The summed E-state index contributed by atoms with van der Waals surface area (Å²) in [5.74, 6) is 0. The summed E-state index contributed by atoms with van der Waals surface area (Å²) in [5.41, 5.74) is 0. The van der Waals surface area contributed by atoms with Crippen molar-refractivity contribution >= 4 is 0 Å². The molecule has 0 aliphatic heterocycles. The van der Waals surface area contributed by atoms with Crippen LogP contribution in [-0.2, 0) is 17.4 Å². The fraction of sp³-hybridized carbons (Fsp3) is 0. The molecular formula is C5H5CrN+4. The van der Waals surface area contributed by atoms with Gasteiger partial charge in [-0.15, -0.1) is 0 Å². The molecule has 0 saturated heterocycles. The van der Waals surface area contributed by atoms with Crippen molar-refractivity contribution in [2.45, 2.75) is 0 Å². The van der Waals surface area contributed by atoms with Gasteiger partial charge >= 0.3 is 17.4 Å². The molecule has 0 aliphatic carbocycles. The molecule has 1 rings (SSSR count). The molecule has 1 nitrogen and oxygen atoms in total. The standard InChI is InChI=1S/C5H5N.Cr/c1-2-4-6-5-3-1;/h1-5H;/q;+4. The third-order valence-electron chi connectivity index (χ3n) is 0.566. The third kappa shape index (κ3) is 2.39. The molecule has 1 aromatic heterocycles. The maximum absolute atomic E-state index is 3.78. The second kappa shape index (κ2) is 3.86. The third-order valence-corrected chi connectivity index (χ3v) is 0.566. The summed E-state index contributed by atoms with van der Waals surface area (Å²) < 4.78 is 0. The summed E-state index contributed by atoms with van der Waals surface area (Å²) in [7, 11) is 0. The molecule has 1 heterocycles. The first-order chi connectivity index (χ1) is 3.00. The normalized spacial score (nSPS) is 6.86. The number of pyridine rings is 1. The molecule has 0 spiro atoms. The van der Waals surface area contributed by atoms with Crippen LogP contribution in [-0.4, -0.2) is 4.98 Å². The van der Waals surface area contributed by atoms with E-state index in [1.807, 2.05) is 18.2 Å². The van der Waals surface area contributed by atoms with E-state index in [-0.39, 0.29) is 17.4 Å². The van der Waals surface area contributed by atoms with Gasteiger partial charge in [0.05, 0.1) is 0 Å². The van der Waals surface area contributed by atoms with Gasteiger partial charge in [-0.25, -0.2) is 0 Å². The minimum absolute atomic E-state index is 0. The quantitative estimate of drug-likeness (QED) is 0.513. The van der Waals surface area contributed by atoms with Gasteiger partial charge in [0.1, 0.15) is 0 Å². The smallest absolute Gasteiger partial charge is 0.265 e. The second-order valence-corrected chi connectivity index (χ2v) is 1.02. The Hall–Kier alpha value is -0.318. The monoisotopic (exact) mass is 131 g/mol. The molecule has 0 aromatic carbocycles. The molecule has 0 N–H and O–H groups in total. The van der Waals surface area contributed by atoms with Crippen LogP contribution >= 0.6 is 0 Å². The van der Waals surface area contributed by atoms with Crippen molar-refractivity contribution in [3.05, 3.63) is 30.6 Å². The SMILES string of the molecule is [Cr+4].c1ccncc1. The van der Waals surface area contributed by atoms with E-state index < -0.39 is 0 Å². The second-order valence-electron chi connectivity index (χ2n) is 1.02. The fourth-order valence-electron chi connectivity index (χ4n) is 0.313. The number of nitrogens with zero attached hydrogens (tertiary/aromatic N) is 1. The summed E-state index contributed by atoms with van der Waals surface area (Å²) in [6.07, 6.45) is 3.50. The van der Waals surface area contributed by atoms with Crippen molar-refractivity contribution in [2.75, 3.05) is 0 Å². The van der Waals surface area contributed by atoms with E-state index in [0.717, 1.165) is 0 Å². The topological polar surface area (TPSA) is 12.9 Å². The predicted molar refractivity (Wildman–Crippen MR) is 24.2 cm³/mol. The zero-order valence-electron chi connectivity index (χ0n) is 3.74. The van der Waals surface area contributed by atoms with Crippen LogP contribution in [0.5, 0.6) is 0 Å². The van der Waals surface area contributed by atoms with Crippen LogP contribution < -0.4 is 0 Å².